The van der Waals surface area contributed by atoms with Crippen LogP contribution in [0.3, 0.4) is 0 Å². The molecule has 3 nitrogen and oxygen atoms in total. The van der Waals surface area contributed by atoms with Crippen LogP contribution in [0.15, 0.2) is 54.1 Å². The summed E-state index contributed by atoms with van der Waals surface area (Å²) in [6.45, 7) is 0.618. The van der Waals surface area contributed by atoms with Crippen LogP contribution >= 0.6 is 11.6 Å². The maximum atomic E-state index is 12.3. The Bertz CT molecular complexity index is 959. The smallest absolute Gasteiger partial charge is 0.251 e. The molecule has 0 atom stereocenters. The fourth-order valence-corrected chi connectivity index (χ4v) is 4.22. The minimum absolute atomic E-state index is 0.0825. The lowest BCUT2D eigenvalue weighted by molar-refractivity contribution is 0.0954. The molecule has 0 unspecified atom stereocenters. The van der Waals surface area contributed by atoms with Crippen molar-refractivity contribution in [2.45, 2.75) is 25.7 Å². The summed E-state index contributed by atoms with van der Waals surface area (Å²) in [5, 5.41) is 3.59. The number of rotatable bonds is 5. The Kier molecular flexibility index (Phi) is 5.04. The van der Waals surface area contributed by atoms with Crippen LogP contribution in [0.2, 0.25) is 5.02 Å². The molecule has 0 spiro atoms. The highest BCUT2D eigenvalue weighted by Crippen LogP contribution is 2.42. The molecule has 0 bridgehead atoms. The second-order valence-electron chi connectivity index (χ2n) is 6.92. The normalized spacial score (nSPS) is 14.7. The van der Waals surface area contributed by atoms with Crippen molar-refractivity contribution in [3.63, 3.8) is 0 Å². The van der Waals surface area contributed by atoms with Crippen molar-refractivity contribution in [1.29, 1.82) is 0 Å². The summed E-state index contributed by atoms with van der Waals surface area (Å²) < 4.78 is 5.58. The highest BCUT2D eigenvalue weighted by atomic mass is 35.5. The second-order valence-corrected chi connectivity index (χ2v) is 7.36. The molecule has 138 valence electrons. The Morgan fingerprint density at radius 2 is 2.11 bits per heavy atom. The van der Waals surface area contributed by atoms with Gasteiger partial charge >= 0.3 is 0 Å². The van der Waals surface area contributed by atoms with Crippen LogP contribution < -0.4 is 10.1 Å². The topological polar surface area (TPSA) is 38.3 Å². The van der Waals surface area contributed by atoms with Crippen molar-refractivity contribution in [1.82, 2.24) is 5.32 Å². The van der Waals surface area contributed by atoms with E-state index in [0.29, 0.717) is 17.1 Å². The van der Waals surface area contributed by atoms with Gasteiger partial charge in [0.15, 0.2) is 0 Å². The van der Waals surface area contributed by atoms with Gasteiger partial charge in [-0.1, -0.05) is 41.5 Å². The Labute approximate surface area is 164 Å². The van der Waals surface area contributed by atoms with Crippen LogP contribution in [0.25, 0.3) is 5.57 Å². The fourth-order valence-electron chi connectivity index (χ4n) is 4.03. The van der Waals surface area contributed by atoms with E-state index < -0.39 is 0 Å². The standard InChI is InChI=1S/C23H22ClNO2/c1-27-21-11-9-16-4-3-7-19-15(8-10-20(21)22(16)19)12-13-25-23(26)17-5-2-6-18(24)14-17/h2-3,5-7,9,11,14H,4,8,10,12-13H2,1H3,(H,25,26). The van der Waals surface area contributed by atoms with Crippen LogP contribution in [0.5, 0.6) is 5.75 Å². The summed E-state index contributed by atoms with van der Waals surface area (Å²) in [5.74, 6) is 0.899. The van der Waals surface area contributed by atoms with Crippen LogP contribution in [-0.4, -0.2) is 19.6 Å². The number of ether oxygens (including phenoxy) is 1. The molecule has 2 aliphatic carbocycles. The molecular formula is C23H22ClNO2. The lowest BCUT2D eigenvalue weighted by atomic mass is 9.78. The van der Waals surface area contributed by atoms with Gasteiger partial charge in [-0.2, -0.15) is 0 Å². The SMILES string of the molecule is COc1ccc2c3c1CCC(CCNC(=O)c1cccc(Cl)c1)=C3C=CC2. The summed E-state index contributed by atoms with van der Waals surface area (Å²) in [6, 6.07) is 11.3. The number of nitrogens with one attached hydrogen (secondary N) is 1. The van der Waals surface area contributed by atoms with E-state index >= 15 is 0 Å². The summed E-state index contributed by atoms with van der Waals surface area (Å²) >= 11 is 5.97. The molecule has 1 amide bonds. The van der Waals surface area contributed by atoms with E-state index in [0.717, 1.165) is 31.4 Å². The molecule has 27 heavy (non-hydrogen) atoms. The fraction of sp³-hybridized carbons (Fsp3) is 0.261. The van der Waals surface area contributed by atoms with E-state index in [9.17, 15) is 4.79 Å². The summed E-state index contributed by atoms with van der Waals surface area (Å²) in [7, 11) is 1.74. The molecule has 4 heteroatoms. The molecule has 0 saturated heterocycles. The monoisotopic (exact) mass is 379 g/mol. The molecule has 0 heterocycles. The van der Waals surface area contributed by atoms with Crippen molar-refractivity contribution < 1.29 is 9.53 Å². The van der Waals surface area contributed by atoms with Gasteiger partial charge < -0.3 is 10.1 Å². The van der Waals surface area contributed by atoms with E-state index in [1.165, 1.54) is 27.8 Å². The van der Waals surface area contributed by atoms with Crippen molar-refractivity contribution >= 4 is 23.1 Å². The Balaban J connectivity index is 1.52. The molecule has 0 fully saturated rings. The van der Waals surface area contributed by atoms with Crippen LogP contribution in [0.4, 0.5) is 0 Å². The number of amides is 1. The largest absolute Gasteiger partial charge is 0.496 e. The van der Waals surface area contributed by atoms with Gasteiger partial charge in [0.05, 0.1) is 7.11 Å². The predicted octanol–water partition coefficient (Wildman–Crippen LogP) is 4.98. The average molecular weight is 380 g/mol. The quantitative estimate of drug-likeness (QED) is 0.795. The first-order valence-electron chi connectivity index (χ1n) is 9.29. The Hall–Kier alpha value is -2.52. The molecule has 1 N–H and O–H groups in total. The molecule has 0 saturated carbocycles. The first-order chi connectivity index (χ1) is 13.2. The number of halogens is 1. The molecule has 0 radical (unpaired) electrons. The van der Waals surface area contributed by atoms with Gasteiger partial charge in [0.2, 0.25) is 0 Å². The highest BCUT2D eigenvalue weighted by Gasteiger charge is 2.24. The Morgan fingerprint density at radius 3 is 2.93 bits per heavy atom. The van der Waals surface area contributed by atoms with Crippen molar-refractivity contribution in [3.05, 3.63) is 81.4 Å². The van der Waals surface area contributed by atoms with Crippen molar-refractivity contribution in [3.8, 4) is 5.75 Å². The predicted molar refractivity (Wildman–Crippen MR) is 109 cm³/mol. The van der Waals surface area contributed by atoms with Gasteiger partial charge in [-0.25, -0.2) is 0 Å². The number of allylic oxidation sites excluding steroid dienone is 3. The molecular weight excluding hydrogens is 358 g/mol. The third-order valence-corrected chi connectivity index (χ3v) is 5.56. The van der Waals surface area contributed by atoms with E-state index in [4.69, 9.17) is 16.3 Å². The number of carbonyl (C=O) groups is 1. The maximum absolute atomic E-state index is 12.3. The zero-order valence-electron chi connectivity index (χ0n) is 15.3. The van der Waals surface area contributed by atoms with Gasteiger partial charge in [0.25, 0.3) is 5.91 Å². The molecule has 0 aromatic heterocycles. The summed E-state index contributed by atoms with van der Waals surface area (Å²) in [5.41, 5.74) is 7.34. The third-order valence-electron chi connectivity index (χ3n) is 5.32. The van der Waals surface area contributed by atoms with Gasteiger partial charge in [-0.3, -0.25) is 4.79 Å². The third kappa shape index (κ3) is 3.52. The molecule has 2 aliphatic rings. The second kappa shape index (κ2) is 7.61. The zero-order valence-corrected chi connectivity index (χ0v) is 16.1. The first kappa shape index (κ1) is 17.9. The lowest BCUT2D eigenvalue weighted by Crippen LogP contribution is -2.25. The number of carbonyl (C=O) groups excluding carboxylic acids is 1. The summed E-state index contributed by atoms with van der Waals surface area (Å²) in [6.07, 6.45) is 8.26. The minimum Gasteiger partial charge on any atom is -0.496 e. The van der Waals surface area contributed by atoms with Gasteiger partial charge in [0, 0.05) is 22.7 Å². The molecule has 4 rings (SSSR count). The summed E-state index contributed by atoms with van der Waals surface area (Å²) in [4.78, 5) is 12.3. The van der Waals surface area contributed by atoms with E-state index in [1.807, 2.05) is 0 Å². The number of hydrogen-bond donors (Lipinski definition) is 1. The molecule has 2 aromatic carbocycles. The molecule has 0 aliphatic heterocycles. The van der Waals surface area contributed by atoms with Gasteiger partial charge in [-0.15, -0.1) is 0 Å². The average Bonchev–Trinajstić information content (AvgIpc) is 2.69. The van der Waals surface area contributed by atoms with Crippen LogP contribution in [0, 0.1) is 0 Å². The van der Waals surface area contributed by atoms with Gasteiger partial charge in [-0.05, 0) is 66.6 Å². The number of methoxy groups -OCH3 is 1. The van der Waals surface area contributed by atoms with Crippen molar-refractivity contribution in [2.24, 2.45) is 0 Å². The van der Waals surface area contributed by atoms with E-state index in [-0.39, 0.29) is 5.91 Å². The Morgan fingerprint density at radius 1 is 1.22 bits per heavy atom. The molecule has 2 aromatic rings. The van der Waals surface area contributed by atoms with Gasteiger partial charge in [0.1, 0.15) is 5.75 Å². The van der Waals surface area contributed by atoms with E-state index in [2.05, 4.69) is 29.6 Å². The number of hydrogen-bond acceptors (Lipinski definition) is 2. The lowest BCUT2D eigenvalue weighted by Gasteiger charge is -2.28. The van der Waals surface area contributed by atoms with E-state index in [1.54, 1.807) is 31.4 Å². The van der Waals surface area contributed by atoms with Crippen LogP contribution in [-0.2, 0) is 12.8 Å². The van der Waals surface area contributed by atoms with Crippen molar-refractivity contribution in [2.75, 3.05) is 13.7 Å². The first-order valence-corrected chi connectivity index (χ1v) is 9.66. The van der Waals surface area contributed by atoms with Crippen LogP contribution in [0.1, 0.15) is 39.9 Å². The minimum atomic E-state index is -0.0825. The maximum Gasteiger partial charge on any atom is 0.251 e. The number of benzene rings is 2. The zero-order chi connectivity index (χ0) is 18.8. The highest BCUT2D eigenvalue weighted by molar-refractivity contribution is 6.30.